The number of pyridine rings is 2. The van der Waals surface area contributed by atoms with E-state index in [9.17, 15) is 0 Å². The lowest BCUT2D eigenvalue weighted by molar-refractivity contribution is 0.199. The van der Waals surface area contributed by atoms with Crippen LogP contribution in [0.3, 0.4) is 0 Å². The van der Waals surface area contributed by atoms with Crippen molar-refractivity contribution in [3.63, 3.8) is 0 Å². The molecule has 4 rings (SSSR count). The average Bonchev–Trinajstić information content (AvgIpc) is 3.32. The van der Waals surface area contributed by atoms with Gasteiger partial charge in [-0.25, -0.2) is 4.98 Å². The molecule has 1 unspecified atom stereocenters. The smallest absolute Gasteiger partial charge is 0.244 e. The van der Waals surface area contributed by atoms with Crippen LogP contribution in [0, 0.1) is 0 Å². The Balaban J connectivity index is 1.52. The maximum absolute atomic E-state index is 5.55. The van der Waals surface area contributed by atoms with Crippen LogP contribution in [0.4, 0.5) is 0 Å². The van der Waals surface area contributed by atoms with E-state index >= 15 is 0 Å². The molecule has 7 nitrogen and oxygen atoms in total. The van der Waals surface area contributed by atoms with E-state index in [1.165, 1.54) is 0 Å². The Labute approximate surface area is 145 Å². The Morgan fingerprint density at radius 2 is 2.20 bits per heavy atom. The summed E-state index contributed by atoms with van der Waals surface area (Å²) in [6.45, 7) is 1.79. The summed E-state index contributed by atoms with van der Waals surface area (Å²) in [5.41, 5.74) is 1.86. The SMILES string of the molecule is COc1ccc(-c2noc(C3CCCN3Cc3ccccn3)n2)cn1. The normalized spacial score (nSPS) is 17.7. The van der Waals surface area contributed by atoms with Gasteiger partial charge in [-0.05, 0) is 37.6 Å². The molecule has 1 fully saturated rings. The van der Waals surface area contributed by atoms with Gasteiger partial charge in [-0.15, -0.1) is 0 Å². The van der Waals surface area contributed by atoms with Crippen molar-refractivity contribution >= 4 is 0 Å². The standard InChI is InChI=1S/C18H19N5O2/c1-24-16-8-7-13(11-20-16)17-21-18(25-22-17)15-6-4-10-23(15)12-14-5-2-3-9-19-14/h2-3,5,7-9,11,15H,4,6,10,12H2,1H3. The Morgan fingerprint density at radius 3 is 2.96 bits per heavy atom. The maximum atomic E-state index is 5.55. The third-order valence-corrected chi connectivity index (χ3v) is 4.39. The molecular weight excluding hydrogens is 318 g/mol. The number of hydrogen-bond donors (Lipinski definition) is 0. The minimum absolute atomic E-state index is 0.134. The van der Waals surface area contributed by atoms with Crippen LogP contribution < -0.4 is 4.74 Å². The Bertz CT molecular complexity index is 819. The first kappa shape index (κ1) is 15.7. The second-order valence-electron chi connectivity index (χ2n) is 6.00. The topological polar surface area (TPSA) is 77.2 Å². The zero-order valence-corrected chi connectivity index (χ0v) is 14.0. The van der Waals surface area contributed by atoms with Crippen LogP contribution >= 0.6 is 0 Å². The van der Waals surface area contributed by atoms with E-state index in [1.807, 2.05) is 30.5 Å². The summed E-state index contributed by atoms with van der Waals surface area (Å²) in [6, 6.07) is 9.77. The number of hydrogen-bond acceptors (Lipinski definition) is 7. The lowest BCUT2D eigenvalue weighted by atomic mass is 10.2. The monoisotopic (exact) mass is 337 g/mol. The van der Waals surface area contributed by atoms with Gasteiger partial charge in [0.1, 0.15) is 0 Å². The zero-order valence-electron chi connectivity index (χ0n) is 14.0. The van der Waals surface area contributed by atoms with E-state index in [1.54, 1.807) is 19.4 Å². The van der Waals surface area contributed by atoms with Crippen molar-refractivity contribution in [2.24, 2.45) is 0 Å². The summed E-state index contributed by atoms with van der Waals surface area (Å²) in [7, 11) is 1.59. The lowest BCUT2D eigenvalue weighted by Gasteiger charge is -2.20. The molecule has 0 spiro atoms. The van der Waals surface area contributed by atoms with E-state index in [-0.39, 0.29) is 6.04 Å². The molecule has 1 aliphatic rings. The van der Waals surface area contributed by atoms with E-state index < -0.39 is 0 Å². The molecule has 1 aliphatic heterocycles. The molecule has 128 valence electrons. The van der Waals surface area contributed by atoms with Crippen molar-refractivity contribution in [2.75, 3.05) is 13.7 Å². The first-order chi connectivity index (χ1) is 12.3. The van der Waals surface area contributed by atoms with Gasteiger partial charge in [0.2, 0.25) is 17.6 Å². The van der Waals surface area contributed by atoms with Gasteiger partial charge in [-0.1, -0.05) is 11.2 Å². The molecule has 4 heterocycles. The number of aromatic nitrogens is 4. The highest BCUT2D eigenvalue weighted by molar-refractivity contribution is 5.53. The summed E-state index contributed by atoms with van der Waals surface area (Å²) in [5, 5.41) is 4.12. The quantitative estimate of drug-likeness (QED) is 0.708. The summed E-state index contributed by atoms with van der Waals surface area (Å²) in [5.74, 6) is 1.76. The van der Waals surface area contributed by atoms with Gasteiger partial charge in [-0.2, -0.15) is 4.98 Å². The first-order valence-corrected chi connectivity index (χ1v) is 8.31. The molecule has 0 bridgehead atoms. The highest BCUT2D eigenvalue weighted by Gasteiger charge is 2.31. The fourth-order valence-corrected chi connectivity index (χ4v) is 3.12. The third kappa shape index (κ3) is 3.36. The van der Waals surface area contributed by atoms with Crippen LogP contribution in [0.25, 0.3) is 11.4 Å². The van der Waals surface area contributed by atoms with E-state index in [2.05, 4.69) is 25.0 Å². The van der Waals surface area contributed by atoms with Gasteiger partial charge in [0.15, 0.2) is 0 Å². The van der Waals surface area contributed by atoms with Gasteiger partial charge >= 0.3 is 0 Å². The molecule has 0 saturated carbocycles. The van der Waals surface area contributed by atoms with Gasteiger partial charge in [0.25, 0.3) is 0 Å². The van der Waals surface area contributed by atoms with Crippen molar-refractivity contribution in [2.45, 2.75) is 25.4 Å². The highest BCUT2D eigenvalue weighted by atomic mass is 16.5. The highest BCUT2D eigenvalue weighted by Crippen LogP contribution is 2.33. The molecule has 0 radical (unpaired) electrons. The van der Waals surface area contributed by atoms with Gasteiger partial charge in [-0.3, -0.25) is 9.88 Å². The molecule has 0 N–H and O–H groups in total. The van der Waals surface area contributed by atoms with E-state index in [0.717, 1.165) is 37.2 Å². The number of nitrogens with zero attached hydrogens (tertiary/aromatic N) is 5. The van der Waals surface area contributed by atoms with Crippen LogP contribution in [0.1, 0.15) is 30.5 Å². The molecule has 7 heteroatoms. The van der Waals surface area contributed by atoms with Crippen molar-refractivity contribution in [1.82, 2.24) is 25.0 Å². The van der Waals surface area contributed by atoms with Crippen molar-refractivity contribution in [3.05, 3.63) is 54.3 Å². The fraction of sp³-hybridized carbons (Fsp3) is 0.333. The molecule has 0 amide bonds. The maximum Gasteiger partial charge on any atom is 0.244 e. The van der Waals surface area contributed by atoms with Gasteiger partial charge < -0.3 is 9.26 Å². The molecule has 25 heavy (non-hydrogen) atoms. The van der Waals surface area contributed by atoms with Crippen molar-refractivity contribution in [1.29, 1.82) is 0 Å². The Morgan fingerprint density at radius 1 is 1.24 bits per heavy atom. The predicted molar refractivity (Wildman–Crippen MR) is 90.7 cm³/mol. The molecule has 1 atom stereocenters. The average molecular weight is 337 g/mol. The Hall–Kier alpha value is -2.80. The Kier molecular flexibility index (Phi) is 4.39. The molecular formula is C18H19N5O2. The van der Waals surface area contributed by atoms with Crippen molar-refractivity contribution < 1.29 is 9.26 Å². The summed E-state index contributed by atoms with van der Waals surface area (Å²) in [4.78, 5) is 15.5. The summed E-state index contributed by atoms with van der Waals surface area (Å²) < 4.78 is 10.6. The van der Waals surface area contributed by atoms with Gasteiger partial charge in [0.05, 0.1) is 18.8 Å². The lowest BCUT2D eigenvalue weighted by Crippen LogP contribution is -2.23. The van der Waals surface area contributed by atoms with E-state index in [4.69, 9.17) is 9.26 Å². The van der Waals surface area contributed by atoms with Crippen LogP contribution in [-0.4, -0.2) is 38.7 Å². The largest absolute Gasteiger partial charge is 0.481 e. The molecule has 0 aliphatic carbocycles. The van der Waals surface area contributed by atoms with Crippen LogP contribution in [0.2, 0.25) is 0 Å². The number of rotatable bonds is 5. The summed E-state index contributed by atoms with van der Waals surface area (Å²) >= 11 is 0. The minimum Gasteiger partial charge on any atom is -0.481 e. The zero-order chi connectivity index (χ0) is 17.1. The van der Waals surface area contributed by atoms with Crippen molar-refractivity contribution in [3.8, 4) is 17.3 Å². The predicted octanol–water partition coefficient (Wildman–Crippen LogP) is 2.87. The molecule has 1 saturated heterocycles. The van der Waals surface area contributed by atoms with Gasteiger partial charge in [0, 0.05) is 30.6 Å². The second-order valence-corrected chi connectivity index (χ2v) is 6.00. The summed E-state index contributed by atoms with van der Waals surface area (Å²) in [6.07, 6.45) is 5.63. The first-order valence-electron chi connectivity index (χ1n) is 8.31. The molecule has 3 aromatic rings. The van der Waals surface area contributed by atoms with Crippen LogP contribution in [-0.2, 0) is 6.54 Å². The number of ether oxygens (including phenoxy) is 1. The van der Waals surface area contributed by atoms with Crippen LogP contribution in [0.5, 0.6) is 5.88 Å². The number of likely N-dealkylation sites (tertiary alicyclic amines) is 1. The molecule has 3 aromatic heterocycles. The minimum atomic E-state index is 0.134. The number of methoxy groups -OCH3 is 1. The second kappa shape index (κ2) is 6.98. The molecule has 0 aromatic carbocycles. The third-order valence-electron chi connectivity index (χ3n) is 4.39. The fourth-order valence-electron chi connectivity index (χ4n) is 3.12. The van der Waals surface area contributed by atoms with Crippen LogP contribution in [0.15, 0.2) is 47.2 Å². The van der Waals surface area contributed by atoms with E-state index in [0.29, 0.717) is 17.6 Å².